The van der Waals surface area contributed by atoms with Crippen LogP contribution in [0.25, 0.3) is 10.9 Å². The van der Waals surface area contributed by atoms with E-state index in [-0.39, 0.29) is 5.91 Å². The summed E-state index contributed by atoms with van der Waals surface area (Å²) < 4.78 is 0.899. The second-order valence-corrected chi connectivity index (χ2v) is 7.34. The van der Waals surface area contributed by atoms with Crippen LogP contribution in [0, 0.1) is 13.8 Å². The zero-order chi connectivity index (χ0) is 16.8. The molecule has 0 saturated heterocycles. The molecule has 0 fully saturated rings. The van der Waals surface area contributed by atoms with E-state index in [2.05, 4.69) is 46.0 Å². The lowest BCUT2D eigenvalue weighted by atomic mass is 10.0. The summed E-state index contributed by atoms with van der Waals surface area (Å²) in [5.74, 6) is 0.0956. The molecule has 0 spiro atoms. The van der Waals surface area contributed by atoms with Gasteiger partial charge in [0.2, 0.25) is 0 Å². The molecule has 1 N–H and O–H groups in total. The predicted octanol–water partition coefficient (Wildman–Crippen LogP) is 4.75. The van der Waals surface area contributed by atoms with Crippen LogP contribution in [0.1, 0.15) is 32.7 Å². The maximum absolute atomic E-state index is 13.0. The molecule has 0 radical (unpaired) electrons. The lowest BCUT2D eigenvalue weighted by Crippen LogP contribution is -2.36. The molecular formula is C20H19BrN2O. The molecule has 122 valence electrons. The van der Waals surface area contributed by atoms with Crippen LogP contribution in [0.2, 0.25) is 0 Å². The monoisotopic (exact) mass is 382 g/mol. The SMILES string of the molecule is Cc1ccc2[nH]c3c(c2c1)CN(C(=O)c1cccc(C)c1Br)CC3. The molecule has 1 aromatic heterocycles. The van der Waals surface area contributed by atoms with Gasteiger partial charge in [-0.15, -0.1) is 0 Å². The Balaban J connectivity index is 1.71. The van der Waals surface area contributed by atoms with Crippen molar-refractivity contribution in [1.82, 2.24) is 9.88 Å². The highest BCUT2D eigenvalue weighted by Crippen LogP contribution is 2.30. The van der Waals surface area contributed by atoms with Crippen LogP contribution in [-0.2, 0) is 13.0 Å². The Hall–Kier alpha value is -2.07. The minimum absolute atomic E-state index is 0.0956. The molecule has 3 aromatic rings. The number of halogens is 1. The van der Waals surface area contributed by atoms with Crippen LogP contribution in [-0.4, -0.2) is 22.3 Å². The van der Waals surface area contributed by atoms with Crippen molar-refractivity contribution in [1.29, 1.82) is 0 Å². The molecule has 1 amide bonds. The summed E-state index contributed by atoms with van der Waals surface area (Å²) in [4.78, 5) is 18.5. The van der Waals surface area contributed by atoms with Crippen molar-refractivity contribution in [2.45, 2.75) is 26.8 Å². The van der Waals surface area contributed by atoms with Crippen molar-refractivity contribution in [2.24, 2.45) is 0 Å². The number of rotatable bonds is 1. The molecule has 0 saturated carbocycles. The van der Waals surface area contributed by atoms with Crippen molar-refractivity contribution in [3.05, 3.63) is 68.8 Å². The first kappa shape index (κ1) is 15.5. The Kier molecular flexibility index (Phi) is 3.72. The number of benzene rings is 2. The van der Waals surface area contributed by atoms with Crippen molar-refractivity contribution >= 4 is 32.7 Å². The van der Waals surface area contributed by atoms with Gasteiger partial charge < -0.3 is 9.88 Å². The van der Waals surface area contributed by atoms with Gasteiger partial charge in [-0.3, -0.25) is 4.79 Å². The van der Waals surface area contributed by atoms with Gasteiger partial charge in [-0.2, -0.15) is 0 Å². The molecule has 0 unspecified atom stereocenters. The van der Waals surface area contributed by atoms with Crippen molar-refractivity contribution in [3.63, 3.8) is 0 Å². The van der Waals surface area contributed by atoms with Crippen LogP contribution in [0.4, 0.5) is 0 Å². The molecule has 0 aliphatic carbocycles. The van der Waals surface area contributed by atoms with Crippen LogP contribution in [0.3, 0.4) is 0 Å². The number of aromatic amines is 1. The first-order chi connectivity index (χ1) is 11.5. The molecule has 24 heavy (non-hydrogen) atoms. The van der Waals surface area contributed by atoms with E-state index in [0.29, 0.717) is 6.54 Å². The Morgan fingerprint density at radius 2 is 2.04 bits per heavy atom. The van der Waals surface area contributed by atoms with Gasteiger partial charge in [-0.05, 0) is 53.5 Å². The molecule has 0 bridgehead atoms. The molecule has 3 nitrogen and oxygen atoms in total. The van der Waals surface area contributed by atoms with Crippen LogP contribution >= 0.6 is 15.9 Å². The number of H-pyrrole nitrogens is 1. The minimum atomic E-state index is 0.0956. The third kappa shape index (κ3) is 2.46. The summed E-state index contributed by atoms with van der Waals surface area (Å²) in [5, 5.41) is 1.24. The number of hydrogen-bond acceptors (Lipinski definition) is 1. The van der Waals surface area contributed by atoms with E-state index in [0.717, 1.165) is 34.1 Å². The van der Waals surface area contributed by atoms with Gasteiger partial charge in [0.1, 0.15) is 0 Å². The number of fused-ring (bicyclic) bond motifs is 3. The summed E-state index contributed by atoms with van der Waals surface area (Å²) in [7, 11) is 0. The Morgan fingerprint density at radius 3 is 2.88 bits per heavy atom. The quantitative estimate of drug-likeness (QED) is 0.647. The minimum Gasteiger partial charge on any atom is -0.358 e. The molecule has 2 heterocycles. The van der Waals surface area contributed by atoms with E-state index in [4.69, 9.17) is 0 Å². The Morgan fingerprint density at radius 1 is 1.21 bits per heavy atom. The van der Waals surface area contributed by atoms with E-state index in [1.54, 1.807) is 0 Å². The highest BCUT2D eigenvalue weighted by Gasteiger charge is 2.26. The van der Waals surface area contributed by atoms with Gasteiger partial charge in [-0.25, -0.2) is 0 Å². The number of carbonyl (C=O) groups is 1. The van der Waals surface area contributed by atoms with E-state index in [9.17, 15) is 4.79 Å². The topological polar surface area (TPSA) is 36.1 Å². The third-order valence-corrected chi connectivity index (χ3v) is 5.89. The summed E-state index contributed by atoms with van der Waals surface area (Å²) in [5.41, 5.74) is 6.77. The summed E-state index contributed by atoms with van der Waals surface area (Å²) in [6.07, 6.45) is 0.873. The Bertz CT molecular complexity index is 958. The number of carbonyl (C=O) groups excluding carboxylic acids is 1. The first-order valence-corrected chi connectivity index (χ1v) is 8.98. The number of aryl methyl sites for hydroxylation is 2. The lowest BCUT2D eigenvalue weighted by molar-refractivity contribution is 0.0734. The fourth-order valence-electron chi connectivity index (χ4n) is 3.48. The fourth-order valence-corrected chi connectivity index (χ4v) is 3.92. The van der Waals surface area contributed by atoms with Crippen molar-refractivity contribution in [2.75, 3.05) is 6.54 Å². The van der Waals surface area contributed by atoms with Crippen LogP contribution < -0.4 is 0 Å². The van der Waals surface area contributed by atoms with E-state index >= 15 is 0 Å². The number of nitrogens with zero attached hydrogens (tertiary/aromatic N) is 1. The maximum atomic E-state index is 13.0. The first-order valence-electron chi connectivity index (χ1n) is 8.19. The second-order valence-electron chi connectivity index (χ2n) is 6.54. The average Bonchev–Trinajstić information content (AvgIpc) is 2.94. The van der Waals surface area contributed by atoms with Gasteiger partial charge in [-0.1, -0.05) is 23.8 Å². The molecule has 4 heteroatoms. The van der Waals surface area contributed by atoms with Gasteiger partial charge in [0, 0.05) is 46.1 Å². The van der Waals surface area contributed by atoms with Gasteiger partial charge >= 0.3 is 0 Å². The molecule has 0 atom stereocenters. The summed E-state index contributed by atoms with van der Waals surface area (Å²) in [6.45, 7) is 5.53. The number of nitrogens with one attached hydrogen (secondary N) is 1. The van der Waals surface area contributed by atoms with E-state index in [1.165, 1.54) is 22.2 Å². The second kappa shape index (κ2) is 5.78. The number of aromatic nitrogens is 1. The predicted molar refractivity (Wildman–Crippen MR) is 100 cm³/mol. The van der Waals surface area contributed by atoms with Gasteiger partial charge in [0.25, 0.3) is 5.91 Å². The zero-order valence-electron chi connectivity index (χ0n) is 13.8. The summed E-state index contributed by atoms with van der Waals surface area (Å²) in [6, 6.07) is 12.3. The standard InChI is InChI=1S/C20H19BrN2O/c1-12-6-7-17-15(10-12)16-11-23(9-8-18(16)22-17)20(24)14-5-3-4-13(2)19(14)21/h3-7,10,22H,8-9,11H2,1-2H3. The molecule has 4 rings (SSSR count). The highest BCUT2D eigenvalue weighted by atomic mass is 79.9. The normalized spacial score (nSPS) is 14.0. The fraction of sp³-hybridized carbons (Fsp3) is 0.250. The van der Waals surface area contributed by atoms with Crippen molar-refractivity contribution in [3.8, 4) is 0 Å². The number of hydrogen-bond donors (Lipinski definition) is 1. The summed E-state index contributed by atoms with van der Waals surface area (Å²) >= 11 is 3.57. The maximum Gasteiger partial charge on any atom is 0.255 e. The zero-order valence-corrected chi connectivity index (χ0v) is 15.4. The number of amides is 1. The van der Waals surface area contributed by atoms with Gasteiger partial charge in [0.05, 0.1) is 5.56 Å². The molecule has 1 aliphatic heterocycles. The van der Waals surface area contributed by atoms with Crippen LogP contribution in [0.5, 0.6) is 0 Å². The third-order valence-electron chi connectivity index (χ3n) is 4.84. The van der Waals surface area contributed by atoms with Gasteiger partial charge in [0.15, 0.2) is 0 Å². The smallest absolute Gasteiger partial charge is 0.255 e. The lowest BCUT2D eigenvalue weighted by Gasteiger charge is -2.28. The molecule has 1 aliphatic rings. The average molecular weight is 383 g/mol. The largest absolute Gasteiger partial charge is 0.358 e. The Labute approximate surface area is 149 Å². The van der Waals surface area contributed by atoms with Crippen LogP contribution in [0.15, 0.2) is 40.9 Å². The van der Waals surface area contributed by atoms with E-state index in [1.807, 2.05) is 30.0 Å². The van der Waals surface area contributed by atoms with E-state index < -0.39 is 0 Å². The highest BCUT2D eigenvalue weighted by molar-refractivity contribution is 9.10. The van der Waals surface area contributed by atoms with Crippen molar-refractivity contribution < 1.29 is 4.79 Å². The molecule has 2 aromatic carbocycles. The molecular weight excluding hydrogens is 364 g/mol.